The van der Waals surface area contributed by atoms with E-state index in [1.54, 1.807) is 6.33 Å². The Morgan fingerprint density at radius 2 is 2.21 bits per heavy atom. The molecule has 3 unspecified atom stereocenters. The largest absolute Gasteiger partial charge is 0.494 e. The van der Waals surface area contributed by atoms with E-state index in [1.807, 2.05) is 0 Å². The number of halogens is 1. The summed E-state index contributed by atoms with van der Waals surface area (Å²) < 4.78 is 9.81. The molecular formula is C21H26BrN5O. The number of allylic oxidation sites excluding steroid dienone is 2. The maximum atomic E-state index is 6.60. The number of aromatic nitrogens is 3. The second-order valence-electron chi connectivity index (χ2n) is 8.25. The lowest BCUT2D eigenvalue weighted by molar-refractivity contribution is 0.104. The molecule has 2 aromatic rings. The Balaban J connectivity index is 1.36. The predicted octanol–water partition coefficient (Wildman–Crippen LogP) is 4.10. The SMILES string of the molecule is CC1C=C2CCNCC2=C(OC2CCC(n3cc(Br)c4c(N)ncnc43)C2)C1. The number of rotatable bonds is 3. The highest BCUT2D eigenvalue weighted by Gasteiger charge is 2.32. The topological polar surface area (TPSA) is 78.0 Å². The van der Waals surface area contributed by atoms with Crippen molar-refractivity contribution in [1.29, 1.82) is 0 Å². The van der Waals surface area contributed by atoms with Crippen LogP contribution in [-0.2, 0) is 4.74 Å². The molecule has 1 saturated carbocycles. The van der Waals surface area contributed by atoms with Crippen molar-refractivity contribution < 1.29 is 4.74 Å². The maximum Gasteiger partial charge on any atom is 0.146 e. The molecule has 1 saturated heterocycles. The highest BCUT2D eigenvalue weighted by atomic mass is 79.9. The Morgan fingerprint density at radius 1 is 1.32 bits per heavy atom. The molecule has 7 heteroatoms. The van der Waals surface area contributed by atoms with Gasteiger partial charge in [0.05, 0.1) is 5.39 Å². The summed E-state index contributed by atoms with van der Waals surface area (Å²) in [4.78, 5) is 8.62. The van der Waals surface area contributed by atoms with Crippen LogP contribution in [0.25, 0.3) is 11.0 Å². The van der Waals surface area contributed by atoms with Gasteiger partial charge in [-0.1, -0.05) is 13.0 Å². The minimum absolute atomic E-state index is 0.261. The van der Waals surface area contributed by atoms with Crippen LogP contribution in [0.15, 0.2) is 40.0 Å². The number of hydrogen-bond acceptors (Lipinski definition) is 5. The van der Waals surface area contributed by atoms with Gasteiger partial charge < -0.3 is 20.4 Å². The van der Waals surface area contributed by atoms with Gasteiger partial charge in [-0.3, -0.25) is 0 Å². The van der Waals surface area contributed by atoms with Gasteiger partial charge in [0.25, 0.3) is 0 Å². The van der Waals surface area contributed by atoms with Crippen molar-refractivity contribution in [2.24, 2.45) is 5.92 Å². The third-order valence-corrected chi connectivity index (χ3v) is 6.84. The van der Waals surface area contributed by atoms with Crippen molar-refractivity contribution in [1.82, 2.24) is 19.9 Å². The number of nitrogens with zero attached hydrogens (tertiary/aromatic N) is 3. The quantitative estimate of drug-likeness (QED) is 0.746. The smallest absolute Gasteiger partial charge is 0.146 e. The third-order valence-electron chi connectivity index (χ3n) is 6.24. The molecule has 1 aliphatic heterocycles. The number of piperidine rings is 1. The van der Waals surface area contributed by atoms with Gasteiger partial charge in [-0.25, -0.2) is 9.97 Å². The molecule has 5 rings (SSSR count). The van der Waals surface area contributed by atoms with Crippen molar-refractivity contribution in [2.45, 2.75) is 51.2 Å². The van der Waals surface area contributed by atoms with E-state index in [4.69, 9.17) is 10.5 Å². The molecule has 148 valence electrons. The first-order valence-electron chi connectivity index (χ1n) is 10.2. The van der Waals surface area contributed by atoms with Crippen molar-refractivity contribution in [2.75, 3.05) is 18.8 Å². The zero-order valence-corrected chi connectivity index (χ0v) is 17.7. The van der Waals surface area contributed by atoms with E-state index in [2.05, 4.69) is 55.0 Å². The zero-order chi connectivity index (χ0) is 19.3. The zero-order valence-electron chi connectivity index (χ0n) is 16.1. The minimum Gasteiger partial charge on any atom is -0.494 e. The van der Waals surface area contributed by atoms with E-state index in [0.717, 1.165) is 60.7 Å². The van der Waals surface area contributed by atoms with E-state index in [1.165, 1.54) is 16.9 Å². The van der Waals surface area contributed by atoms with Crippen molar-refractivity contribution in [3.8, 4) is 0 Å². The Hall–Kier alpha value is -1.86. The lowest BCUT2D eigenvalue weighted by atomic mass is 9.86. The second-order valence-corrected chi connectivity index (χ2v) is 9.10. The summed E-state index contributed by atoms with van der Waals surface area (Å²) >= 11 is 3.62. The summed E-state index contributed by atoms with van der Waals surface area (Å²) in [7, 11) is 0. The Bertz CT molecular complexity index is 979. The molecule has 0 bridgehead atoms. The summed E-state index contributed by atoms with van der Waals surface area (Å²) in [6.45, 7) is 4.30. The van der Waals surface area contributed by atoms with E-state index in [-0.39, 0.29) is 6.10 Å². The van der Waals surface area contributed by atoms with Crippen LogP contribution in [0, 0.1) is 5.92 Å². The highest BCUT2D eigenvalue weighted by molar-refractivity contribution is 9.10. The summed E-state index contributed by atoms with van der Waals surface area (Å²) in [5.74, 6) is 2.30. The Labute approximate surface area is 173 Å². The molecule has 6 nitrogen and oxygen atoms in total. The van der Waals surface area contributed by atoms with Gasteiger partial charge in [0.15, 0.2) is 0 Å². The average Bonchev–Trinajstić information content (AvgIpc) is 3.27. The fraction of sp³-hybridized carbons (Fsp3) is 0.524. The maximum absolute atomic E-state index is 6.60. The first-order valence-corrected chi connectivity index (χ1v) is 11.0. The van der Waals surface area contributed by atoms with Gasteiger partial charge in [-0.15, -0.1) is 0 Å². The van der Waals surface area contributed by atoms with Crippen LogP contribution in [0.2, 0.25) is 0 Å². The molecule has 0 aromatic carbocycles. The van der Waals surface area contributed by atoms with E-state index < -0.39 is 0 Å². The normalized spacial score (nSPS) is 27.8. The standard InChI is InChI=1S/C21H26BrN5O/c1-12-6-13-4-5-24-9-16(13)18(7-12)28-15-3-2-14(8-15)27-10-17(22)19-20(23)25-11-26-21(19)27/h6,10-12,14-15,24H,2-5,7-9H2,1H3,(H2,23,25,26). The molecular weight excluding hydrogens is 418 g/mol. The summed E-state index contributed by atoms with van der Waals surface area (Å²) in [6, 6.07) is 0.374. The number of nitrogen functional groups attached to an aromatic ring is 1. The van der Waals surface area contributed by atoms with Gasteiger partial charge in [0.1, 0.15) is 29.7 Å². The molecule has 2 aliphatic carbocycles. The average molecular weight is 444 g/mol. The molecule has 3 atom stereocenters. The molecule has 2 fully saturated rings. The summed E-state index contributed by atoms with van der Waals surface area (Å²) in [6.07, 6.45) is 11.6. The molecule has 0 amide bonds. The molecule has 0 spiro atoms. The van der Waals surface area contributed by atoms with Gasteiger partial charge in [-0.05, 0) is 53.2 Å². The number of fused-ring (bicyclic) bond motifs is 2. The Kier molecular flexibility index (Phi) is 4.67. The third kappa shape index (κ3) is 3.14. The Morgan fingerprint density at radius 3 is 3.11 bits per heavy atom. The van der Waals surface area contributed by atoms with Gasteiger partial charge in [-0.2, -0.15) is 0 Å². The molecule has 28 heavy (non-hydrogen) atoms. The molecule has 3 heterocycles. The second kappa shape index (κ2) is 7.19. The van der Waals surface area contributed by atoms with Crippen LogP contribution < -0.4 is 11.1 Å². The van der Waals surface area contributed by atoms with Crippen LogP contribution in [-0.4, -0.2) is 33.7 Å². The van der Waals surface area contributed by atoms with E-state index in [9.17, 15) is 0 Å². The lowest BCUT2D eigenvalue weighted by Crippen LogP contribution is -2.30. The minimum atomic E-state index is 0.261. The highest BCUT2D eigenvalue weighted by Crippen LogP contribution is 2.40. The first-order chi connectivity index (χ1) is 13.6. The van der Waals surface area contributed by atoms with Crippen LogP contribution in [0.3, 0.4) is 0 Å². The van der Waals surface area contributed by atoms with Crippen molar-refractivity contribution in [3.63, 3.8) is 0 Å². The molecule has 3 N–H and O–H groups in total. The van der Waals surface area contributed by atoms with Crippen LogP contribution in [0.4, 0.5) is 5.82 Å². The number of ether oxygens (including phenoxy) is 1. The fourth-order valence-electron chi connectivity index (χ4n) is 4.92. The van der Waals surface area contributed by atoms with Gasteiger partial charge in [0.2, 0.25) is 0 Å². The van der Waals surface area contributed by atoms with Crippen molar-refractivity contribution in [3.05, 3.63) is 40.0 Å². The lowest BCUT2D eigenvalue weighted by Gasteiger charge is -2.30. The number of hydrogen-bond donors (Lipinski definition) is 2. The number of anilines is 1. The fourth-order valence-corrected chi connectivity index (χ4v) is 5.52. The molecule has 2 aromatic heterocycles. The van der Waals surface area contributed by atoms with Gasteiger partial charge in [0, 0.05) is 41.7 Å². The predicted molar refractivity (Wildman–Crippen MR) is 114 cm³/mol. The van der Waals surface area contributed by atoms with E-state index in [0.29, 0.717) is 17.8 Å². The van der Waals surface area contributed by atoms with Crippen LogP contribution >= 0.6 is 15.9 Å². The van der Waals surface area contributed by atoms with Crippen molar-refractivity contribution >= 4 is 32.8 Å². The summed E-state index contributed by atoms with van der Waals surface area (Å²) in [5, 5.41) is 4.41. The molecule has 0 radical (unpaired) electrons. The van der Waals surface area contributed by atoms with Crippen LogP contribution in [0.5, 0.6) is 0 Å². The molecule has 3 aliphatic rings. The monoisotopic (exact) mass is 443 g/mol. The van der Waals surface area contributed by atoms with E-state index >= 15 is 0 Å². The number of nitrogens with one attached hydrogen (secondary N) is 1. The van der Waals surface area contributed by atoms with Gasteiger partial charge >= 0.3 is 0 Å². The number of nitrogens with two attached hydrogens (primary N) is 1. The first kappa shape index (κ1) is 18.2. The van der Waals surface area contributed by atoms with Crippen LogP contribution in [0.1, 0.15) is 45.1 Å². The summed E-state index contributed by atoms with van der Waals surface area (Å²) in [5.41, 5.74) is 9.86.